The maximum absolute atomic E-state index is 11.7. The average molecular weight is 607 g/mol. The van der Waals surface area contributed by atoms with Crippen molar-refractivity contribution >= 4 is 29.9 Å². The van der Waals surface area contributed by atoms with E-state index in [4.69, 9.17) is 0 Å². The van der Waals surface area contributed by atoms with E-state index < -0.39 is 0 Å². The molecule has 2 rings (SSSR count). The van der Waals surface area contributed by atoms with Crippen molar-refractivity contribution < 1.29 is 24.0 Å². The second-order valence-corrected chi connectivity index (χ2v) is 10.4. The molecule has 0 aliphatic rings. The van der Waals surface area contributed by atoms with Gasteiger partial charge in [-0.1, -0.05) is 79.6 Å². The first kappa shape index (κ1) is 37.8. The van der Waals surface area contributed by atoms with Crippen molar-refractivity contribution in [3.05, 3.63) is 84.4 Å². The van der Waals surface area contributed by atoms with E-state index in [1.54, 1.807) is 6.08 Å². The summed E-state index contributed by atoms with van der Waals surface area (Å²) < 4.78 is 0. The topological polar surface area (TPSA) is 133 Å². The molecule has 0 heterocycles. The van der Waals surface area contributed by atoms with E-state index in [9.17, 15) is 24.0 Å². The van der Waals surface area contributed by atoms with Crippen molar-refractivity contribution in [3.63, 3.8) is 0 Å². The van der Waals surface area contributed by atoms with Gasteiger partial charge in [-0.05, 0) is 49.7 Å². The van der Waals surface area contributed by atoms with Crippen LogP contribution in [-0.2, 0) is 36.8 Å². The molecule has 4 amide bonds. The highest BCUT2D eigenvalue weighted by molar-refractivity contribution is 5.78. The number of hydrogen-bond acceptors (Lipinski definition) is 5. The molecule has 9 nitrogen and oxygen atoms in total. The molecule has 44 heavy (non-hydrogen) atoms. The van der Waals surface area contributed by atoms with Crippen molar-refractivity contribution in [2.24, 2.45) is 0 Å². The average Bonchev–Trinajstić information content (AvgIpc) is 3.05. The smallest absolute Gasteiger partial charge is 0.220 e. The van der Waals surface area contributed by atoms with Crippen LogP contribution in [0, 0.1) is 0 Å². The van der Waals surface area contributed by atoms with Crippen LogP contribution in [0.3, 0.4) is 0 Å². The highest BCUT2D eigenvalue weighted by atomic mass is 16.2. The molecule has 4 N–H and O–H groups in total. The van der Waals surface area contributed by atoms with Crippen LogP contribution < -0.4 is 21.3 Å². The minimum Gasteiger partial charge on any atom is -0.356 e. The molecule has 9 heteroatoms. The quantitative estimate of drug-likeness (QED) is 0.0906. The number of aldehydes is 1. The Hall–Kier alpha value is -4.27. The highest BCUT2D eigenvalue weighted by Crippen LogP contribution is 2.04. The van der Waals surface area contributed by atoms with E-state index in [0.29, 0.717) is 51.6 Å². The summed E-state index contributed by atoms with van der Waals surface area (Å²) in [6.07, 6.45) is 11.1. The standard InChI is InChI=1S/C18H26N2O2.C17H24N2O3/c1-2-14-19-17(21)11-7-4-8-15-20-18(22)13-12-16-9-5-3-6-10-16;20-14-13-19-16(21)9-5-2-6-12-18-17(22)11-10-15-7-3-1-4-8-15/h2-3,5-6,9-10H,1,4,7-8,11-15H2,(H,19,21)(H,20,22);1,3-4,7-8,14H,2,5-6,9-13H2,(H,18,22)(H,19,21). The van der Waals surface area contributed by atoms with Crippen LogP contribution >= 0.6 is 0 Å². The summed E-state index contributed by atoms with van der Waals surface area (Å²) >= 11 is 0. The molecule has 0 radical (unpaired) electrons. The first-order valence-electron chi connectivity index (χ1n) is 15.6. The van der Waals surface area contributed by atoms with Crippen LogP contribution in [-0.4, -0.2) is 56.1 Å². The van der Waals surface area contributed by atoms with E-state index in [0.717, 1.165) is 51.4 Å². The molecule has 0 saturated carbocycles. The van der Waals surface area contributed by atoms with Crippen molar-refractivity contribution in [1.29, 1.82) is 0 Å². The zero-order valence-corrected chi connectivity index (χ0v) is 26.0. The minimum atomic E-state index is -0.0982. The number of hydrogen-bond donors (Lipinski definition) is 4. The number of carbonyl (C=O) groups is 5. The second-order valence-electron chi connectivity index (χ2n) is 10.4. The van der Waals surface area contributed by atoms with E-state index in [1.807, 2.05) is 60.7 Å². The normalized spacial score (nSPS) is 10.0. The number of rotatable bonds is 22. The predicted octanol–water partition coefficient (Wildman–Crippen LogP) is 4.21. The molecule has 240 valence electrons. The summed E-state index contributed by atoms with van der Waals surface area (Å²) in [5.41, 5.74) is 2.35. The monoisotopic (exact) mass is 606 g/mol. The molecule has 0 aliphatic heterocycles. The molecular formula is C35H50N4O5. The summed E-state index contributed by atoms with van der Waals surface area (Å²) in [6.45, 7) is 5.48. The van der Waals surface area contributed by atoms with Crippen molar-refractivity contribution in [1.82, 2.24) is 21.3 Å². The zero-order valence-electron chi connectivity index (χ0n) is 26.0. The van der Waals surface area contributed by atoms with Gasteiger partial charge < -0.3 is 26.1 Å². The number of carbonyl (C=O) groups excluding carboxylic acids is 5. The van der Waals surface area contributed by atoms with Crippen LogP contribution in [0.4, 0.5) is 0 Å². The third kappa shape index (κ3) is 22.3. The van der Waals surface area contributed by atoms with Crippen molar-refractivity contribution in [2.75, 3.05) is 26.2 Å². The molecule has 2 aromatic rings. The van der Waals surface area contributed by atoms with Gasteiger partial charge in [0.25, 0.3) is 0 Å². The van der Waals surface area contributed by atoms with Gasteiger partial charge in [0.1, 0.15) is 6.29 Å². The Morgan fingerprint density at radius 3 is 1.34 bits per heavy atom. The Bertz CT molecular complexity index is 1010. The summed E-state index contributed by atoms with van der Waals surface area (Å²) in [7, 11) is 0. The number of aryl methyl sites for hydroxylation is 2. The molecule has 0 bridgehead atoms. The maximum Gasteiger partial charge on any atom is 0.220 e. The van der Waals surface area contributed by atoms with Gasteiger partial charge in [0, 0.05) is 45.3 Å². The zero-order chi connectivity index (χ0) is 32.1. The van der Waals surface area contributed by atoms with Crippen LogP contribution in [0.15, 0.2) is 73.3 Å². The third-order valence-electron chi connectivity index (χ3n) is 6.60. The second kappa shape index (κ2) is 26.4. The van der Waals surface area contributed by atoms with Crippen LogP contribution in [0.2, 0.25) is 0 Å². The first-order chi connectivity index (χ1) is 21.4. The highest BCUT2D eigenvalue weighted by Gasteiger charge is 2.04. The van der Waals surface area contributed by atoms with E-state index in [2.05, 4.69) is 27.8 Å². The Morgan fingerprint density at radius 1 is 0.523 bits per heavy atom. The van der Waals surface area contributed by atoms with Gasteiger partial charge in [-0.2, -0.15) is 0 Å². The molecule has 0 saturated heterocycles. The molecular weight excluding hydrogens is 556 g/mol. The van der Waals surface area contributed by atoms with Crippen LogP contribution in [0.5, 0.6) is 0 Å². The molecule has 0 aliphatic carbocycles. The summed E-state index contributed by atoms with van der Waals surface area (Å²) in [5, 5.41) is 11.1. The van der Waals surface area contributed by atoms with Gasteiger partial charge >= 0.3 is 0 Å². The van der Waals surface area contributed by atoms with Gasteiger partial charge in [0.05, 0.1) is 6.54 Å². The lowest BCUT2D eigenvalue weighted by molar-refractivity contribution is -0.122. The molecule has 0 spiro atoms. The first-order valence-corrected chi connectivity index (χ1v) is 15.6. The van der Waals surface area contributed by atoms with E-state index in [-0.39, 0.29) is 30.2 Å². The lowest BCUT2D eigenvalue weighted by Crippen LogP contribution is -2.25. The SMILES string of the molecule is C=CCNC(=O)CCCCCNC(=O)CCc1ccccc1.O=CCNC(=O)CCCCCNC(=O)CCc1ccccc1. The largest absolute Gasteiger partial charge is 0.356 e. The fraction of sp³-hybridized carbons (Fsp3) is 0.457. The van der Waals surface area contributed by atoms with Crippen LogP contribution in [0.1, 0.15) is 75.3 Å². The van der Waals surface area contributed by atoms with E-state index in [1.165, 1.54) is 11.1 Å². The Labute approximate surface area is 262 Å². The third-order valence-corrected chi connectivity index (χ3v) is 6.60. The number of amides is 4. The molecule has 0 aromatic heterocycles. The van der Waals surface area contributed by atoms with Crippen LogP contribution in [0.25, 0.3) is 0 Å². The molecule has 0 unspecified atom stereocenters. The molecule has 2 aromatic carbocycles. The Balaban J connectivity index is 0.000000440. The van der Waals surface area contributed by atoms with Gasteiger partial charge in [0.15, 0.2) is 0 Å². The fourth-order valence-electron chi connectivity index (χ4n) is 4.13. The Morgan fingerprint density at radius 2 is 0.932 bits per heavy atom. The fourth-order valence-corrected chi connectivity index (χ4v) is 4.13. The van der Waals surface area contributed by atoms with Gasteiger partial charge in [-0.15, -0.1) is 6.58 Å². The summed E-state index contributed by atoms with van der Waals surface area (Å²) in [4.78, 5) is 56.0. The van der Waals surface area contributed by atoms with Crippen molar-refractivity contribution in [3.8, 4) is 0 Å². The molecule has 0 fully saturated rings. The number of nitrogens with one attached hydrogen (secondary N) is 4. The lowest BCUT2D eigenvalue weighted by Gasteiger charge is -2.06. The van der Waals surface area contributed by atoms with E-state index >= 15 is 0 Å². The number of unbranched alkanes of at least 4 members (excludes halogenated alkanes) is 4. The lowest BCUT2D eigenvalue weighted by atomic mass is 10.1. The number of benzene rings is 2. The predicted molar refractivity (Wildman–Crippen MR) is 175 cm³/mol. The summed E-state index contributed by atoms with van der Waals surface area (Å²) in [5.74, 6) is 0.117. The Kier molecular flexibility index (Phi) is 22.6. The summed E-state index contributed by atoms with van der Waals surface area (Å²) in [6, 6.07) is 19.9. The van der Waals surface area contributed by atoms with Crippen molar-refractivity contribution in [2.45, 2.75) is 77.0 Å². The van der Waals surface area contributed by atoms with Gasteiger partial charge in [-0.3, -0.25) is 19.2 Å². The molecule has 0 atom stereocenters. The van der Waals surface area contributed by atoms with Gasteiger partial charge in [0.2, 0.25) is 23.6 Å². The van der Waals surface area contributed by atoms with Gasteiger partial charge in [-0.25, -0.2) is 0 Å². The minimum absolute atomic E-state index is 0.0618. The maximum atomic E-state index is 11.7.